The van der Waals surface area contributed by atoms with Crippen LogP contribution in [0.5, 0.6) is 0 Å². The molecule has 34 heteroatoms. The zero-order valence-corrected chi connectivity index (χ0v) is 48.1. The minimum Gasteiger partial charge on any atom is -0.543 e. The molecule has 6 amide bonds. The zero-order valence-electron chi connectivity index (χ0n) is 39.2. The summed E-state index contributed by atoms with van der Waals surface area (Å²) in [5, 5.41) is 47.7. The molecule has 4 aliphatic rings. The molecular formula is C42H36N10Na2O16S6. The number of nitrogen functional groups attached to an aromatic ring is 2. The third-order valence-corrected chi connectivity index (χ3v) is 17.3. The van der Waals surface area contributed by atoms with Gasteiger partial charge in [-0.25, -0.2) is 29.1 Å². The molecule has 12 N–H and O–H groups in total. The second kappa shape index (κ2) is 26.7. The summed E-state index contributed by atoms with van der Waals surface area (Å²) in [5.74, 6) is -8.14. The zero-order chi connectivity index (χ0) is 53.7. The number of ether oxygens (including phenoxy) is 2. The van der Waals surface area contributed by atoms with E-state index in [1.807, 2.05) is 0 Å². The van der Waals surface area contributed by atoms with Gasteiger partial charge in [0.1, 0.15) is 46.5 Å². The second-order valence-electron chi connectivity index (χ2n) is 15.3. The van der Waals surface area contributed by atoms with Gasteiger partial charge in [-0.05, 0) is 24.3 Å². The van der Waals surface area contributed by atoms with Crippen LogP contribution in [0.3, 0.4) is 0 Å². The molecular weight excluding hydrogens is 1140 g/mol. The number of primary amides is 2. The van der Waals surface area contributed by atoms with E-state index >= 15 is 0 Å². The van der Waals surface area contributed by atoms with Gasteiger partial charge in [-0.15, -0.1) is 69.7 Å². The summed E-state index contributed by atoms with van der Waals surface area (Å²) >= 11 is 6.37. The van der Waals surface area contributed by atoms with Gasteiger partial charge < -0.3 is 73.1 Å². The Kier molecular flexibility index (Phi) is 21.5. The van der Waals surface area contributed by atoms with Crippen LogP contribution in [0.25, 0.3) is 0 Å². The number of hydrogen-bond donors (Lipinski definition) is 8. The fourth-order valence-electron chi connectivity index (χ4n) is 7.42. The molecule has 2 fully saturated rings. The SMILES string of the molecule is NC(=O)OCC1=C(C(=O)[O-])N2C(=O)C(NC(=O)C(Sc3ccccc3C(=O)O)c3csc(N)n3)[C@H]2SC1.NC(=O)OCC1=C(C(=O)[O-])N2C(=O)C(NC(=O)C(Sc3ccccc3C(=O)O)c3csc(N)n3)[C@H]2SC1.[Na+].[Na+]. The number of nitrogens with one attached hydrogen (secondary N) is 2. The van der Waals surface area contributed by atoms with Crippen LogP contribution in [0.1, 0.15) is 42.6 Å². The van der Waals surface area contributed by atoms with E-state index < -0.39 is 118 Å². The first-order valence-corrected chi connectivity index (χ1v) is 26.4. The molecule has 388 valence electrons. The van der Waals surface area contributed by atoms with E-state index in [4.69, 9.17) is 22.9 Å². The number of fused-ring (bicyclic) bond motifs is 2. The maximum atomic E-state index is 13.4. The fraction of sp³-hybridized carbons (Fsp3) is 0.238. The molecule has 0 spiro atoms. The molecule has 76 heavy (non-hydrogen) atoms. The van der Waals surface area contributed by atoms with Crippen molar-refractivity contribution in [1.29, 1.82) is 0 Å². The Balaban J connectivity index is 0.000000274. The molecule has 4 aliphatic heterocycles. The first-order chi connectivity index (χ1) is 35.2. The minimum absolute atomic E-state index is 0. The van der Waals surface area contributed by atoms with Crippen molar-refractivity contribution in [1.82, 2.24) is 30.4 Å². The number of hydrogen-bond acceptors (Lipinski definition) is 24. The van der Waals surface area contributed by atoms with Crippen LogP contribution in [0, 0.1) is 0 Å². The topological polar surface area (TPSA) is 436 Å². The molecule has 0 bridgehead atoms. The van der Waals surface area contributed by atoms with Gasteiger partial charge in [0.25, 0.3) is 11.8 Å². The van der Waals surface area contributed by atoms with Crippen molar-refractivity contribution in [3.63, 3.8) is 0 Å². The number of thioether (sulfide) groups is 4. The average molecular weight is 1180 g/mol. The number of carboxylic acids is 4. The molecule has 0 saturated carbocycles. The standard InChI is InChI=1S/2C21H19N5O8S3.2Na/c2*22-20-24-10(7-36-20)14(37-11-4-2-1-3-9(11)18(29)30)15(27)25-12-16(28)26-13(19(31)32)8(5-34-21(23)33)6-35-17(12)26;;/h2*1-4,7,12,14,17H,5-6H2,(H2,22,24)(H2,23,33)(H,25,27)(H,29,30)(H,31,32);;/q;;2*+1/p-2/t2*12?,14?,17-;;/m11../s1. The van der Waals surface area contributed by atoms with Crippen LogP contribution in [0.4, 0.5) is 19.9 Å². The Morgan fingerprint density at radius 3 is 1.32 bits per heavy atom. The summed E-state index contributed by atoms with van der Waals surface area (Å²) in [5.41, 5.74) is 21.3. The molecule has 4 unspecified atom stereocenters. The molecule has 8 rings (SSSR count). The summed E-state index contributed by atoms with van der Waals surface area (Å²) in [6.45, 7) is -0.849. The third kappa shape index (κ3) is 13.8. The van der Waals surface area contributed by atoms with Gasteiger partial charge in [-0.1, -0.05) is 24.3 Å². The summed E-state index contributed by atoms with van der Waals surface area (Å²) in [6, 6.07) is 10.1. The molecule has 6 heterocycles. The predicted octanol–water partition coefficient (Wildman–Crippen LogP) is -6.48. The Labute approximate surface area is 497 Å². The molecule has 6 atom stereocenters. The van der Waals surface area contributed by atoms with Gasteiger partial charge in [-0.3, -0.25) is 29.0 Å². The van der Waals surface area contributed by atoms with E-state index in [2.05, 4.69) is 30.1 Å². The van der Waals surface area contributed by atoms with E-state index in [-0.39, 0.29) is 115 Å². The van der Waals surface area contributed by atoms with Crippen molar-refractivity contribution in [3.05, 3.63) is 104 Å². The summed E-state index contributed by atoms with van der Waals surface area (Å²) in [6.07, 6.45) is -2.21. The first-order valence-electron chi connectivity index (χ1n) is 20.8. The number of thiazole rings is 2. The number of carbonyl (C=O) groups is 10. The smallest absolute Gasteiger partial charge is 0.543 e. The third-order valence-electron chi connectivity index (χ3n) is 10.7. The van der Waals surface area contributed by atoms with Gasteiger partial charge in [0.2, 0.25) is 11.8 Å². The number of amides is 6. The molecule has 0 aliphatic carbocycles. The van der Waals surface area contributed by atoms with Crippen LogP contribution >= 0.6 is 69.7 Å². The van der Waals surface area contributed by atoms with Gasteiger partial charge in [-0.2, -0.15) is 0 Å². The number of aromatic nitrogens is 2. The summed E-state index contributed by atoms with van der Waals surface area (Å²) < 4.78 is 9.34. The Bertz CT molecular complexity index is 2870. The fourth-order valence-corrected chi connectivity index (χ4v) is 13.6. The molecule has 2 aromatic heterocycles. The number of benzene rings is 2. The van der Waals surface area contributed by atoms with Gasteiger partial charge in [0.15, 0.2) is 10.3 Å². The van der Waals surface area contributed by atoms with Crippen molar-refractivity contribution >= 4 is 140 Å². The van der Waals surface area contributed by atoms with Crippen LogP contribution in [0.2, 0.25) is 0 Å². The quantitative estimate of drug-likeness (QED) is 0.0261. The number of β-lactam (4-membered cyclic amide) rings is 2. The van der Waals surface area contributed by atoms with Crippen molar-refractivity contribution in [2.45, 2.75) is 43.1 Å². The normalized spacial score (nSPS) is 18.9. The maximum Gasteiger partial charge on any atom is 1.00 e. The van der Waals surface area contributed by atoms with Gasteiger partial charge in [0.05, 0.1) is 45.8 Å². The van der Waals surface area contributed by atoms with Crippen molar-refractivity contribution in [2.75, 3.05) is 36.2 Å². The number of anilines is 2. The number of nitrogens with two attached hydrogens (primary N) is 4. The predicted molar refractivity (Wildman–Crippen MR) is 262 cm³/mol. The number of nitrogens with zero attached hydrogens (tertiary/aromatic N) is 4. The van der Waals surface area contributed by atoms with E-state index in [0.29, 0.717) is 9.79 Å². The second-order valence-corrected chi connectivity index (χ2v) is 21.6. The summed E-state index contributed by atoms with van der Waals surface area (Å²) in [4.78, 5) is 132. The summed E-state index contributed by atoms with van der Waals surface area (Å²) in [7, 11) is 0. The number of aromatic carboxylic acids is 2. The Hall–Kier alpha value is -5.52. The Morgan fingerprint density at radius 1 is 0.658 bits per heavy atom. The maximum absolute atomic E-state index is 13.4. The minimum atomic E-state index is -1.64. The van der Waals surface area contributed by atoms with Crippen molar-refractivity contribution in [2.24, 2.45) is 11.5 Å². The average Bonchev–Trinajstić information content (AvgIpc) is 4.00. The van der Waals surface area contributed by atoms with E-state index in [1.54, 1.807) is 47.2 Å². The number of carbonyl (C=O) groups excluding carboxylic acids is 8. The Morgan fingerprint density at radius 2 is 1.01 bits per heavy atom. The van der Waals surface area contributed by atoms with Crippen LogP contribution in [-0.2, 0) is 38.2 Å². The van der Waals surface area contributed by atoms with E-state index in [9.17, 15) is 68.4 Å². The number of carboxylic acid groups (broad SMARTS) is 4. The number of aliphatic carboxylic acids is 2. The number of rotatable bonds is 18. The molecule has 0 radical (unpaired) electrons. The first kappa shape index (κ1) is 61.3. The molecule has 2 aromatic carbocycles. The molecule has 4 aromatic rings. The monoisotopic (exact) mass is 1170 g/mol. The van der Waals surface area contributed by atoms with Crippen molar-refractivity contribution in [3.8, 4) is 0 Å². The van der Waals surface area contributed by atoms with Crippen LogP contribution in [0.15, 0.2) is 91.6 Å². The van der Waals surface area contributed by atoms with Gasteiger partial charge >= 0.3 is 83.2 Å². The van der Waals surface area contributed by atoms with E-state index in [1.165, 1.54) is 12.1 Å². The van der Waals surface area contributed by atoms with E-state index in [0.717, 1.165) is 79.5 Å². The molecule has 2 saturated heterocycles. The molecule has 26 nitrogen and oxygen atoms in total. The van der Waals surface area contributed by atoms with Crippen LogP contribution < -0.4 is 103 Å². The largest absolute Gasteiger partial charge is 1.00 e. The van der Waals surface area contributed by atoms with Gasteiger partial charge in [0, 0.05) is 43.2 Å². The van der Waals surface area contributed by atoms with Crippen molar-refractivity contribution < 1.29 is 137 Å². The van der Waals surface area contributed by atoms with Crippen LogP contribution in [-0.4, -0.2) is 137 Å².